The fourth-order valence-electron chi connectivity index (χ4n) is 2.51. The molecule has 0 amide bonds. The van der Waals surface area contributed by atoms with Crippen molar-refractivity contribution in [1.82, 2.24) is 4.57 Å². The van der Waals surface area contributed by atoms with Crippen molar-refractivity contribution in [1.29, 1.82) is 0 Å². The van der Waals surface area contributed by atoms with Crippen LogP contribution in [-0.2, 0) is 6.54 Å². The molecule has 0 N–H and O–H groups in total. The number of benzene rings is 2. The van der Waals surface area contributed by atoms with Crippen molar-refractivity contribution in [2.45, 2.75) is 26.8 Å². The van der Waals surface area contributed by atoms with Gasteiger partial charge in [0.1, 0.15) is 5.75 Å². The summed E-state index contributed by atoms with van der Waals surface area (Å²) >= 11 is 0. The molecule has 0 aliphatic rings. The molecule has 0 aliphatic heterocycles. The summed E-state index contributed by atoms with van der Waals surface area (Å²) < 4.78 is 12.8. The van der Waals surface area contributed by atoms with Crippen LogP contribution in [0.4, 0.5) is 0 Å². The maximum absolute atomic E-state index is 12.1. The molecule has 3 rings (SSSR count). The normalized spacial score (nSPS) is 11.3. The van der Waals surface area contributed by atoms with Crippen molar-refractivity contribution in [2.24, 2.45) is 5.92 Å². The van der Waals surface area contributed by atoms with Crippen LogP contribution in [0.15, 0.2) is 57.7 Å². The highest BCUT2D eigenvalue weighted by molar-refractivity contribution is 5.72. The van der Waals surface area contributed by atoms with E-state index in [0.717, 1.165) is 23.3 Å². The maximum Gasteiger partial charge on any atom is 0.420 e. The zero-order valence-corrected chi connectivity index (χ0v) is 13.5. The lowest BCUT2D eigenvalue weighted by Crippen LogP contribution is -2.15. The van der Waals surface area contributed by atoms with Gasteiger partial charge in [0.05, 0.1) is 18.7 Å². The average Bonchev–Trinajstić information content (AvgIpc) is 2.85. The van der Waals surface area contributed by atoms with Gasteiger partial charge in [0.25, 0.3) is 0 Å². The second-order valence-electron chi connectivity index (χ2n) is 6.06. The second-order valence-corrected chi connectivity index (χ2v) is 6.06. The molecule has 2 aromatic carbocycles. The molecule has 4 nitrogen and oxygen atoms in total. The van der Waals surface area contributed by atoms with Gasteiger partial charge < -0.3 is 9.15 Å². The quantitative estimate of drug-likeness (QED) is 0.689. The summed E-state index contributed by atoms with van der Waals surface area (Å²) in [6.45, 7) is 5.46. The zero-order valence-electron chi connectivity index (χ0n) is 13.5. The number of para-hydroxylation sites is 3. The first-order chi connectivity index (χ1) is 11.1. The molecule has 0 bridgehead atoms. The molecule has 120 valence electrons. The Morgan fingerprint density at radius 2 is 1.83 bits per heavy atom. The average molecular weight is 311 g/mol. The van der Waals surface area contributed by atoms with E-state index in [4.69, 9.17) is 9.15 Å². The summed E-state index contributed by atoms with van der Waals surface area (Å²) in [6, 6.07) is 15.3. The SMILES string of the molecule is CC(C)CCOc1ccccc1Cn1c(=O)oc2ccccc21. The van der Waals surface area contributed by atoms with Crippen LogP contribution >= 0.6 is 0 Å². The minimum Gasteiger partial charge on any atom is -0.493 e. The minimum absolute atomic E-state index is 0.344. The van der Waals surface area contributed by atoms with E-state index in [-0.39, 0.29) is 5.76 Å². The third kappa shape index (κ3) is 3.47. The molecule has 4 heteroatoms. The fourth-order valence-corrected chi connectivity index (χ4v) is 2.51. The molecule has 0 unspecified atom stereocenters. The number of aromatic nitrogens is 1. The lowest BCUT2D eigenvalue weighted by molar-refractivity contribution is 0.286. The van der Waals surface area contributed by atoms with Crippen LogP contribution in [0.3, 0.4) is 0 Å². The Hall–Kier alpha value is -2.49. The highest BCUT2D eigenvalue weighted by Crippen LogP contribution is 2.21. The summed E-state index contributed by atoms with van der Waals surface area (Å²) in [7, 11) is 0. The standard InChI is InChI=1S/C19H21NO3/c1-14(2)11-12-22-17-9-5-3-7-15(17)13-20-16-8-4-6-10-18(16)23-19(20)21/h3-10,14H,11-13H2,1-2H3. The van der Waals surface area contributed by atoms with Crippen molar-refractivity contribution in [3.05, 3.63) is 64.6 Å². The Bertz CT molecular complexity index is 845. The van der Waals surface area contributed by atoms with Crippen LogP contribution in [0.2, 0.25) is 0 Å². The van der Waals surface area contributed by atoms with Crippen LogP contribution < -0.4 is 10.5 Å². The Labute approximate surface area is 135 Å². The summed E-state index contributed by atoms with van der Waals surface area (Å²) in [4.78, 5) is 12.1. The van der Waals surface area contributed by atoms with E-state index < -0.39 is 0 Å². The van der Waals surface area contributed by atoms with Crippen LogP contribution in [0.1, 0.15) is 25.8 Å². The van der Waals surface area contributed by atoms with Crippen molar-refractivity contribution in [3.63, 3.8) is 0 Å². The topological polar surface area (TPSA) is 44.4 Å². The predicted octanol–water partition coefficient (Wildman–Crippen LogP) is 4.07. The molecule has 3 aromatic rings. The number of fused-ring (bicyclic) bond motifs is 1. The maximum atomic E-state index is 12.1. The van der Waals surface area contributed by atoms with Gasteiger partial charge in [-0.05, 0) is 30.5 Å². The van der Waals surface area contributed by atoms with E-state index in [1.807, 2.05) is 42.5 Å². The first kappa shape index (κ1) is 15.4. The number of oxazole rings is 1. The molecular weight excluding hydrogens is 290 g/mol. The molecule has 1 heterocycles. The molecular formula is C19H21NO3. The zero-order chi connectivity index (χ0) is 16.2. The van der Waals surface area contributed by atoms with Gasteiger partial charge in [0.15, 0.2) is 5.58 Å². The summed E-state index contributed by atoms with van der Waals surface area (Å²) in [5.74, 6) is 1.08. The number of hydrogen-bond donors (Lipinski definition) is 0. The van der Waals surface area contributed by atoms with Crippen molar-refractivity contribution >= 4 is 11.1 Å². The van der Waals surface area contributed by atoms with Crippen LogP contribution in [0.25, 0.3) is 11.1 Å². The summed E-state index contributed by atoms with van der Waals surface area (Å²) in [6.07, 6.45) is 1.00. The van der Waals surface area contributed by atoms with E-state index >= 15 is 0 Å². The smallest absolute Gasteiger partial charge is 0.420 e. The number of ether oxygens (including phenoxy) is 1. The van der Waals surface area contributed by atoms with Crippen LogP contribution in [0.5, 0.6) is 5.75 Å². The number of hydrogen-bond acceptors (Lipinski definition) is 3. The summed E-state index contributed by atoms with van der Waals surface area (Å²) in [5, 5.41) is 0. The first-order valence-corrected chi connectivity index (χ1v) is 7.94. The summed E-state index contributed by atoms with van der Waals surface area (Å²) in [5.41, 5.74) is 2.38. The van der Waals surface area contributed by atoms with Gasteiger partial charge in [-0.25, -0.2) is 4.79 Å². The van der Waals surface area contributed by atoms with E-state index in [1.165, 1.54) is 0 Å². The van der Waals surface area contributed by atoms with Crippen molar-refractivity contribution < 1.29 is 9.15 Å². The van der Waals surface area contributed by atoms with Gasteiger partial charge >= 0.3 is 5.76 Å². The monoisotopic (exact) mass is 311 g/mol. The minimum atomic E-state index is -0.344. The third-order valence-corrected chi connectivity index (χ3v) is 3.83. The predicted molar refractivity (Wildman–Crippen MR) is 91.0 cm³/mol. The highest BCUT2D eigenvalue weighted by Gasteiger charge is 2.11. The van der Waals surface area contributed by atoms with E-state index in [0.29, 0.717) is 24.7 Å². The Kier molecular flexibility index (Phi) is 4.51. The molecule has 0 saturated heterocycles. The van der Waals surface area contributed by atoms with Gasteiger partial charge in [-0.3, -0.25) is 4.57 Å². The second kappa shape index (κ2) is 6.73. The van der Waals surface area contributed by atoms with E-state index in [9.17, 15) is 4.79 Å². The Morgan fingerprint density at radius 3 is 2.65 bits per heavy atom. The molecule has 0 spiro atoms. The van der Waals surface area contributed by atoms with E-state index in [2.05, 4.69) is 13.8 Å². The van der Waals surface area contributed by atoms with Crippen LogP contribution in [0, 0.1) is 5.92 Å². The number of rotatable bonds is 6. The van der Waals surface area contributed by atoms with Gasteiger partial charge in [-0.15, -0.1) is 0 Å². The van der Waals surface area contributed by atoms with Gasteiger partial charge in [0, 0.05) is 5.56 Å². The van der Waals surface area contributed by atoms with Crippen molar-refractivity contribution in [3.8, 4) is 5.75 Å². The van der Waals surface area contributed by atoms with Gasteiger partial charge in [0.2, 0.25) is 0 Å². The van der Waals surface area contributed by atoms with Crippen molar-refractivity contribution in [2.75, 3.05) is 6.61 Å². The fraction of sp³-hybridized carbons (Fsp3) is 0.316. The Balaban J connectivity index is 1.87. The Morgan fingerprint density at radius 1 is 1.09 bits per heavy atom. The lowest BCUT2D eigenvalue weighted by atomic mass is 10.1. The van der Waals surface area contributed by atoms with Gasteiger partial charge in [-0.2, -0.15) is 0 Å². The molecule has 0 fully saturated rings. The third-order valence-electron chi connectivity index (χ3n) is 3.83. The highest BCUT2D eigenvalue weighted by atomic mass is 16.5. The molecule has 23 heavy (non-hydrogen) atoms. The molecule has 0 saturated carbocycles. The molecule has 1 aromatic heterocycles. The molecule has 0 radical (unpaired) electrons. The van der Waals surface area contributed by atoms with E-state index in [1.54, 1.807) is 10.6 Å². The number of nitrogens with zero attached hydrogens (tertiary/aromatic N) is 1. The first-order valence-electron chi connectivity index (χ1n) is 7.94. The lowest BCUT2D eigenvalue weighted by Gasteiger charge is -2.12. The van der Waals surface area contributed by atoms with Crippen LogP contribution in [-0.4, -0.2) is 11.2 Å². The largest absolute Gasteiger partial charge is 0.493 e. The molecule has 0 aliphatic carbocycles. The van der Waals surface area contributed by atoms with Gasteiger partial charge in [-0.1, -0.05) is 44.2 Å². The molecule has 0 atom stereocenters.